The van der Waals surface area contributed by atoms with E-state index in [-0.39, 0.29) is 17.6 Å². The highest BCUT2D eigenvalue weighted by atomic mass is 32.2. The molecular weight excluding hydrogens is 484 g/mol. The number of carbonyl (C=O) groups is 2. The summed E-state index contributed by atoms with van der Waals surface area (Å²) in [5, 5.41) is 11.8. The number of hydrogen-bond donors (Lipinski definition) is 3. The maximum absolute atomic E-state index is 13.3. The summed E-state index contributed by atoms with van der Waals surface area (Å²) in [6.45, 7) is 1.41. The molecule has 36 heavy (non-hydrogen) atoms. The van der Waals surface area contributed by atoms with Gasteiger partial charge in [-0.2, -0.15) is 4.72 Å². The fourth-order valence-electron chi connectivity index (χ4n) is 4.28. The molecule has 0 aromatic heterocycles. The molecule has 3 aromatic carbocycles. The lowest BCUT2D eigenvalue weighted by Crippen LogP contribution is -2.29. The Kier molecular flexibility index (Phi) is 5.93. The highest BCUT2D eigenvalue weighted by Gasteiger charge is 2.51. The second-order valence-corrected chi connectivity index (χ2v) is 10.6. The largest absolute Gasteiger partial charge is 0.480 e. The lowest BCUT2D eigenvalue weighted by Gasteiger charge is -2.17. The Hall–Kier alpha value is -3.89. The molecule has 0 atom stereocenters. The van der Waals surface area contributed by atoms with Crippen molar-refractivity contribution in [1.82, 2.24) is 4.72 Å². The monoisotopic (exact) mass is 508 g/mol. The van der Waals surface area contributed by atoms with Gasteiger partial charge in [-0.3, -0.25) is 9.59 Å². The van der Waals surface area contributed by atoms with Crippen LogP contribution in [0.15, 0.2) is 65.6 Å². The van der Waals surface area contributed by atoms with Crippen LogP contribution < -0.4 is 19.5 Å². The third kappa shape index (κ3) is 4.52. The minimum Gasteiger partial charge on any atom is -0.480 e. The molecule has 10 heteroatoms. The van der Waals surface area contributed by atoms with Gasteiger partial charge < -0.3 is 19.9 Å². The summed E-state index contributed by atoms with van der Waals surface area (Å²) in [7, 11) is -3.93. The van der Waals surface area contributed by atoms with E-state index in [1.807, 2.05) is 48.0 Å². The van der Waals surface area contributed by atoms with Crippen molar-refractivity contribution in [3.05, 3.63) is 71.8 Å². The van der Waals surface area contributed by atoms with E-state index in [4.69, 9.17) is 14.6 Å². The lowest BCUT2D eigenvalue weighted by atomic mass is 9.94. The molecule has 1 heterocycles. The summed E-state index contributed by atoms with van der Waals surface area (Å²) in [5.41, 5.74) is 3.47. The molecule has 0 unspecified atom stereocenters. The van der Waals surface area contributed by atoms with Gasteiger partial charge in [0.15, 0.2) is 11.5 Å². The third-order valence-electron chi connectivity index (χ3n) is 6.49. The lowest BCUT2D eigenvalue weighted by molar-refractivity contribution is -0.135. The van der Waals surface area contributed by atoms with Crippen LogP contribution >= 0.6 is 0 Å². The average molecular weight is 509 g/mol. The summed E-state index contributed by atoms with van der Waals surface area (Å²) in [5.74, 6) is -0.0410. The Balaban J connectivity index is 1.35. The number of rotatable bonds is 8. The minimum atomic E-state index is -3.93. The van der Waals surface area contributed by atoms with Gasteiger partial charge in [0.2, 0.25) is 22.7 Å². The number of ether oxygens (including phenoxy) is 2. The summed E-state index contributed by atoms with van der Waals surface area (Å²) in [6, 6.07) is 17.3. The smallest absolute Gasteiger partial charge is 0.318 e. The van der Waals surface area contributed by atoms with E-state index in [9.17, 15) is 18.0 Å². The Morgan fingerprint density at radius 3 is 2.39 bits per heavy atom. The van der Waals surface area contributed by atoms with Gasteiger partial charge in [0, 0.05) is 5.69 Å². The van der Waals surface area contributed by atoms with Crippen molar-refractivity contribution in [2.45, 2.75) is 30.1 Å². The molecule has 3 N–H and O–H groups in total. The van der Waals surface area contributed by atoms with Crippen molar-refractivity contribution < 1.29 is 32.6 Å². The zero-order valence-corrected chi connectivity index (χ0v) is 20.2. The molecule has 1 aliphatic heterocycles. The van der Waals surface area contributed by atoms with Crippen LogP contribution in [0, 0.1) is 6.92 Å². The van der Waals surface area contributed by atoms with E-state index < -0.39 is 28.0 Å². The van der Waals surface area contributed by atoms with E-state index in [2.05, 4.69) is 5.32 Å². The number of amides is 1. The van der Waals surface area contributed by atoms with E-state index in [0.29, 0.717) is 17.2 Å². The van der Waals surface area contributed by atoms with Crippen LogP contribution in [0.2, 0.25) is 0 Å². The first-order valence-corrected chi connectivity index (χ1v) is 12.8. The number of hydrogen-bond acceptors (Lipinski definition) is 6. The predicted octanol–water partition coefficient (Wildman–Crippen LogP) is 3.42. The van der Waals surface area contributed by atoms with Crippen LogP contribution in [0.25, 0.3) is 11.1 Å². The molecule has 0 radical (unpaired) electrons. The van der Waals surface area contributed by atoms with E-state index in [0.717, 1.165) is 35.1 Å². The average Bonchev–Trinajstić information content (AvgIpc) is 3.55. The van der Waals surface area contributed by atoms with Gasteiger partial charge in [-0.05, 0) is 78.4 Å². The third-order valence-corrected chi connectivity index (χ3v) is 7.91. The molecule has 1 saturated carbocycles. The summed E-state index contributed by atoms with van der Waals surface area (Å²) >= 11 is 0. The van der Waals surface area contributed by atoms with Gasteiger partial charge in [-0.15, -0.1) is 0 Å². The molecule has 2 aliphatic rings. The van der Waals surface area contributed by atoms with Gasteiger partial charge in [0.25, 0.3) is 0 Å². The first kappa shape index (κ1) is 23.8. The molecule has 1 fully saturated rings. The highest BCUT2D eigenvalue weighted by Crippen LogP contribution is 2.51. The number of carbonyl (C=O) groups excluding carboxylic acids is 1. The number of carboxylic acid groups (broad SMARTS) is 1. The number of aliphatic carboxylic acids is 1. The van der Waals surface area contributed by atoms with Gasteiger partial charge in [-0.25, -0.2) is 8.42 Å². The first-order chi connectivity index (χ1) is 17.2. The fourth-order valence-corrected chi connectivity index (χ4v) is 5.26. The van der Waals surface area contributed by atoms with Crippen molar-refractivity contribution >= 4 is 27.6 Å². The molecule has 186 valence electrons. The Morgan fingerprint density at radius 2 is 1.69 bits per heavy atom. The van der Waals surface area contributed by atoms with Crippen LogP contribution in [-0.2, 0) is 25.0 Å². The van der Waals surface area contributed by atoms with Crippen LogP contribution in [0.1, 0.15) is 24.0 Å². The van der Waals surface area contributed by atoms with Gasteiger partial charge in [-0.1, -0.05) is 24.3 Å². The van der Waals surface area contributed by atoms with Crippen LogP contribution in [0.4, 0.5) is 5.69 Å². The second-order valence-electron chi connectivity index (χ2n) is 8.88. The number of fused-ring (bicyclic) bond motifs is 1. The van der Waals surface area contributed by atoms with E-state index in [1.165, 1.54) is 12.1 Å². The standard InChI is InChI=1S/C26H24N2O7S/c1-16-2-6-19(13-21(16)17-3-7-20(8-4-17)36(32,33)27-14-24(29)30)28-25(31)26(10-11-26)18-5-9-22-23(12-18)35-15-34-22/h2-9,12-13,27H,10-11,14-15H2,1H3,(H,28,31)(H,29,30). The SMILES string of the molecule is Cc1ccc(NC(=O)C2(c3ccc4c(c3)OCO4)CC2)cc1-c1ccc(S(=O)(=O)NCC(=O)O)cc1. The zero-order valence-electron chi connectivity index (χ0n) is 19.4. The Morgan fingerprint density at radius 1 is 0.972 bits per heavy atom. The second kappa shape index (κ2) is 8.96. The number of nitrogens with one attached hydrogen (secondary N) is 2. The molecule has 5 rings (SSSR count). The molecule has 9 nitrogen and oxygen atoms in total. The highest BCUT2D eigenvalue weighted by molar-refractivity contribution is 7.89. The number of sulfonamides is 1. The number of carboxylic acids is 1. The topological polar surface area (TPSA) is 131 Å². The maximum Gasteiger partial charge on any atom is 0.318 e. The van der Waals surface area contributed by atoms with Crippen LogP contribution in [0.5, 0.6) is 11.5 Å². The van der Waals surface area contributed by atoms with Crippen molar-refractivity contribution in [2.75, 3.05) is 18.7 Å². The molecule has 1 aliphatic carbocycles. The van der Waals surface area contributed by atoms with E-state index in [1.54, 1.807) is 12.1 Å². The Bertz CT molecular complexity index is 1460. The number of anilines is 1. The van der Waals surface area contributed by atoms with Gasteiger partial charge in [0.05, 0.1) is 10.3 Å². The predicted molar refractivity (Wildman–Crippen MR) is 132 cm³/mol. The normalized spacial score (nSPS) is 15.4. The molecule has 3 aromatic rings. The van der Waals surface area contributed by atoms with Crippen LogP contribution in [0.3, 0.4) is 0 Å². The van der Waals surface area contributed by atoms with Crippen molar-refractivity contribution in [1.29, 1.82) is 0 Å². The fraction of sp³-hybridized carbons (Fsp3) is 0.231. The molecular formula is C26H24N2O7S. The van der Waals surface area contributed by atoms with Gasteiger partial charge >= 0.3 is 5.97 Å². The van der Waals surface area contributed by atoms with Gasteiger partial charge in [0.1, 0.15) is 6.54 Å². The summed E-state index contributed by atoms with van der Waals surface area (Å²) < 4.78 is 37.4. The van der Waals surface area contributed by atoms with E-state index >= 15 is 0 Å². The quantitative estimate of drug-likeness (QED) is 0.425. The van der Waals surface area contributed by atoms with Crippen LogP contribution in [-0.4, -0.2) is 38.7 Å². The van der Waals surface area contributed by atoms with Crippen molar-refractivity contribution in [3.8, 4) is 22.6 Å². The first-order valence-electron chi connectivity index (χ1n) is 11.3. The number of benzene rings is 3. The molecule has 0 saturated heterocycles. The molecule has 1 amide bonds. The molecule has 0 bridgehead atoms. The molecule has 0 spiro atoms. The van der Waals surface area contributed by atoms with Crippen molar-refractivity contribution in [3.63, 3.8) is 0 Å². The van der Waals surface area contributed by atoms with Crippen molar-refractivity contribution in [2.24, 2.45) is 0 Å². The Labute approximate surface area is 208 Å². The number of aryl methyl sites for hydroxylation is 1. The summed E-state index contributed by atoms with van der Waals surface area (Å²) in [4.78, 5) is 23.9. The summed E-state index contributed by atoms with van der Waals surface area (Å²) in [6.07, 6.45) is 1.48. The zero-order chi connectivity index (χ0) is 25.5. The minimum absolute atomic E-state index is 0.0333. The maximum atomic E-state index is 13.3.